The van der Waals surface area contributed by atoms with Crippen molar-refractivity contribution in [2.75, 3.05) is 0 Å². The van der Waals surface area contributed by atoms with Gasteiger partial charge in [0.25, 0.3) is 0 Å². The first-order chi connectivity index (χ1) is 5.49. The maximum absolute atomic E-state index is 3.88. The summed E-state index contributed by atoms with van der Waals surface area (Å²) in [5.41, 5.74) is 4.79. The molecule has 0 aliphatic rings. The number of hydrogen-bond acceptors (Lipinski definition) is 1. The lowest BCUT2D eigenvalue weighted by Crippen LogP contribution is -1.81. The first kappa shape index (κ1) is 14.4. The largest absolute Gasteiger partial charge is 0.344 e. The van der Waals surface area contributed by atoms with Gasteiger partial charge in [-0.25, -0.2) is 0 Å². The average molecular weight is 181 g/mol. The van der Waals surface area contributed by atoms with Crippen molar-refractivity contribution >= 4 is 0 Å². The minimum atomic E-state index is 0. The molecule has 0 aromatic rings. The molecule has 0 unspecified atom stereocenters. The van der Waals surface area contributed by atoms with E-state index in [2.05, 4.69) is 40.0 Å². The molecule has 0 aliphatic carbocycles. The van der Waals surface area contributed by atoms with Gasteiger partial charge in [-0.15, -0.1) is 0 Å². The lowest BCUT2D eigenvalue weighted by molar-refractivity contribution is 1.30. The second kappa shape index (κ2) is 6.44. The van der Waals surface area contributed by atoms with E-state index in [9.17, 15) is 0 Å². The van der Waals surface area contributed by atoms with Gasteiger partial charge in [-0.1, -0.05) is 36.5 Å². The Bertz CT molecular complexity index is 255. The van der Waals surface area contributed by atoms with Crippen LogP contribution in [0.2, 0.25) is 0 Å². The van der Waals surface area contributed by atoms with Crippen LogP contribution in [0.15, 0.2) is 47.6 Å². The summed E-state index contributed by atoms with van der Waals surface area (Å²) in [4.78, 5) is 0. The zero-order chi connectivity index (χ0) is 9.72. The van der Waals surface area contributed by atoms with Gasteiger partial charge in [0.1, 0.15) is 0 Å². The molecule has 0 saturated carbocycles. The van der Waals surface area contributed by atoms with Crippen molar-refractivity contribution in [2.45, 2.75) is 27.7 Å². The first-order valence-corrected chi connectivity index (χ1v) is 4.13. The quantitative estimate of drug-likeness (QED) is 0.642. The topological polar surface area (TPSA) is 35.0 Å². The molecule has 13 heavy (non-hydrogen) atoms. The molecule has 0 saturated heterocycles. The van der Waals surface area contributed by atoms with Gasteiger partial charge in [-0.3, -0.25) is 0 Å². The molecule has 0 rings (SSSR count). The van der Waals surface area contributed by atoms with Gasteiger partial charge in [0.15, 0.2) is 0 Å². The van der Waals surface area contributed by atoms with Crippen molar-refractivity contribution < 1.29 is 1.43 Å². The Labute approximate surface area is 83.6 Å². The molecule has 1 nitrogen and oxygen atoms in total. The minimum Gasteiger partial charge on any atom is -0.344 e. The standard InChI is InChI=1S/C12H18.H3N.H2/c1-7-12(10(4)5)8-11(6)9(2)3;;/h7-8H,1-2H2,3-6H3;1H3;1H/b11-8-;;. The molecule has 0 amide bonds. The summed E-state index contributed by atoms with van der Waals surface area (Å²) < 4.78 is 0. The van der Waals surface area contributed by atoms with E-state index in [1.54, 1.807) is 0 Å². The zero-order valence-electron chi connectivity index (χ0n) is 9.28. The molecular weight excluding hydrogens is 158 g/mol. The monoisotopic (exact) mass is 181 g/mol. The van der Waals surface area contributed by atoms with Crippen molar-refractivity contribution in [3.63, 3.8) is 0 Å². The summed E-state index contributed by atoms with van der Waals surface area (Å²) in [5.74, 6) is 0. The van der Waals surface area contributed by atoms with E-state index in [1.165, 1.54) is 16.7 Å². The lowest BCUT2D eigenvalue weighted by atomic mass is 10.0. The van der Waals surface area contributed by atoms with Gasteiger partial charge in [-0.05, 0) is 38.8 Å². The van der Waals surface area contributed by atoms with E-state index in [1.807, 2.05) is 13.0 Å². The predicted octanol–water partition coefficient (Wildman–Crippen LogP) is 4.44. The molecule has 1 heteroatoms. The Morgan fingerprint density at radius 2 is 1.62 bits per heavy atom. The molecule has 0 aromatic heterocycles. The van der Waals surface area contributed by atoms with E-state index in [-0.39, 0.29) is 7.58 Å². The molecule has 0 aromatic carbocycles. The molecule has 3 N–H and O–H groups in total. The number of allylic oxidation sites excluding steroid dienone is 6. The van der Waals surface area contributed by atoms with Gasteiger partial charge < -0.3 is 6.15 Å². The second-order valence-electron chi connectivity index (χ2n) is 3.27. The van der Waals surface area contributed by atoms with Crippen molar-refractivity contribution in [1.29, 1.82) is 0 Å². The number of hydrogen-bond donors (Lipinski definition) is 1. The predicted molar refractivity (Wildman–Crippen MR) is 64.3 cm³/mol. The Morgan fingerprint density at radius 1 is 1.15 bits per heavy atom. The van der Waals surface area contributed by atoms with Crippen LogP contribution in [0.3, 0.4) is 0 Å². The van der Waals surface area contributed by atoms with Crippen LogP contribution in [0.25, 0.3) is 0 Å². The summed E-state index contributed by atoms with van der Waals surface area (Å²) in [6, 6.07) is 0. The van der Waals surface area contributed by atoms with Gasteiger partial charge >= 0.3 is 0 Å². The van der Waals surface area contributed by atoms with E-state index in [0.717, 1.165) is 5.57 Å². The third-order valence-corrected chi connectivity index (χ3v) is 1.84. The maximum Gasteiger partial charge on any atom is 0 e. The van der Waals surface area contributed by atoms with Crippen molar-refractivity contribution in [3.05, 3.63) is 47.6 Å². The molecule has 0 bridgehead atoms. The molecule has 0 atom stereocenters. The molecule has 0 heterocycles. The molecule has 0 aliphatic heterocycles. The van der Waals surface area contributed by atoms with Crippen molar-refractivity contribution in [3.8, 4) is 0 Å². The third-order valence-electron chi connectivity index (χ3n) is 1.84. The van der Waals surface area contributed by atoms with Crippen LogP contribution < -0.4 is 6.15 Å². The highest BCUT2D eigenvalue weighted by atomic mass is 14.0. The SMILES string of the molecule is C=CC(/C=C(/C)C(=C)C)=C(C)C.N.[HH]. The molecular formula is C12H23N. The fourth-order valence-corrected chi connectivity index (χ4v) is 0.764. The molecule has 0 spiro atoms. The van der Waals surface area contributed by atoms with Crippen LogP contribution in [-0.2, 0) is 0 Å². The summed E-state index contributed by atoms with van der Waals surface area (Å²) in [7, 11) is 0. The third kappa shape index (κ3) is 5.21. The summed E-state index contributed by atoms with van der Waals surface area (Å²) >= 11 is 0. The number of rotatable bonds is 3. The fourth-order valence-electron chi connectivity index (χ4n) is 0.764. The molecule has 76 valence electrons. The van der Waals surface area contributed by atoms with Crippen LogP contribution in [0.4, 0.5) is 0 Å². The smallest absolute Gasteiger partial charge is 0 e. The summed E-state index contributed by atoms with van der Waals surface area (Å²) in [5, 5.41) is 0. The van der Waals surface area contributed by atoms with Gasteiger partial charge in [-0.2, -0.15) is 0 Å². The maximum atomic E-state index is 3.88. The van der Waals surface area contributed by atoms with Gasteiger partial charge in [0.05, 0.1) is 0 Å². The average Bonchev–Trinajstić information content (AvgIpc) is 1.98. The van der Waals surface area contributed by atoms with Gasteiger partial charge in [0, 0.05) is 1.43 Å². The Hall–Kier alpha value is -1.08. The van der Waals surface area contributed by atoms with Crippen molar-refractivity contribution in [1.82, 2.24) is 6.15 Å². The highest BCUT2D eigenvalue weighted by Crippen LogP contribution is 2.13. The van der Waals surface area contributed by atoms with Crippen molar-refractivity contribution in [2.24, 2.45) is 0 Å². The van der Waals surface area contributed by atoms with E-state index in [4.69, 9.17) is 0 Å². The van der Waals surface area contributed by atoms with Crippen LogP contribution in [-0.4, -0.2) is 0 Å². The highest BCUT2D eigenvalue weighted by Gasteiger charge is 1.92. The summed E-state index contributed by atoms with van der Waals surface area (Å²) in [6.45, 7) is 15.9. The van der Waals surface area contributed by atoms with Gasteiger partial charge in [0.2, 0.25) is 0 Å². The van der Waals surface area contributed by atoms with Crippen LogP contribution in [0.5, 0.6) is 0 Å². The second-order valence-corrected chi connectivity index (χ2v) is 3.27. The van der Waals surface area contributed by atoms with E-state index >= 15 is 0 Å². The van der Waals surface area contributed by atoms with Crippen LogP contribution >= 0.6 is 0 Å². The van der Waals surface area contributed by atoms with E-state index < -0.39 is 0 Å². The minimum absolute atomic E-state index is 0. The van der Waals surface area contributed by atoms with E-state index in [0.29, 0.717) is 0 Å². The molecule has 0 fully saturated rings. The summed E-state index contributed by atoms with van der Waals surface area (Å²) in [6.07, 6.45) is 3.99. The Morgan fingerprint density at radius 3 is 1.85 bits per heavy atom. The Balaban J connectivity index is -0.000000605. The van der Waals surface area contributed by atoms with Crippen LogP contribution in [0.1, 0.15) is 29.1 Å². The zero-order valence-corrected chi connectivity index (χ0v) is 9.28. The first-order valence-electron chi connectivity index (χ1n) is 4.13. The molecule has 0 radical (unpaired) electrons. The normalized spacial score (nSPS) is 10.0. The fraction of sp³-hybridized carbons (Fsp3) is 0.333. The lowest BCUT2D eigenvalue weighted by Gasteiger charge is -2.01. The van der Waals surface area contributed by atoms with Crippen LogP contribution in [0, 0.1) is 0 Å². The Kier molecular flexibility index (Phi) is 7.15. The highest BCUT2D eigenvalue weighted by molar-refractivity contribution is 5.40.